The Labute approximate surface area is 191 Å². The average molecular weight is 470 g/mol. The molecule has 0 unspecified atom stereocenters. The van der Waals surface area contributed by atoms with E-state index in [9.17, 15) is 18.0 Å². The van der Waals surface area contributed by atoms with Gasteiger partial charge in [-0.25, -0.2) is 19.9 Å². The lowest BCUT2D eigenvalue weighted by molar-refractivity contribution is -0.138. The normalized spacial score (nSPS) is 18.4. The molecule has 1 fully saturated rings. The summed E-state index contributed by atoms with van der Waals surface area (Å²) in [5.74, 6) is 0.844. The van der Waals surface area contributed by atoms with Crippen molar-refractivity contribution in [1.82, 2.24) is 29.1 Å². The molecule has 12 heteroatoms. The monoisotopic (exact) mass is 470 g/mol. The van der Waals surface area contributed by atoms with Crippen LogP contribution in [-0.4, -0.2) is 41.2 Å². The zero-order chi connectivity index (χ0) is 23.9. The Morgan fingerprint density at radius 2 is 1.68 bits per heavy atom. The van der Waals surface area contributed by atoms with E-state index < -0.39 is 11.7 Å². The minimum atomic E-state index is -4.46. The molecule has 0 radical (unpaired) electrons. The predicted molar refractivity (Wildman–Crippen MR) is 120 cm³/mol. The summed E-state index contributed by atoms with van der Waals surface area (Å²) < 4.78 is 41.3. The van der Waals surface area contributed by atoms with Gasteiger partial charge < -0.3 is 15.2 Å². The van der Waals surface area contributed by atoms with Gasteiger partial charge in [-0.05, 0) is 37.5 Å². The summed E-state index contributed by atoms with van der Waals surface area (Å²) in [7, 11) is 1.86. The molecule has 1 aliphatic carbocycles. The van der Waals surface area contributed by atoms with Gasteiger partial charge in [-0.15, -0.1) is 0 Å². The maximum Gasteiger partial charge on any atom is 0.419 e. The number of anilines is 2. The summed E-state index contributed by atoms with van der Waals surface area (Å²) in [5, 5.41) is 6.47. The Morgan fingerprint density at radius 1 is 0.941 bits per heavy atom. The first-order valence-corrected chi connectivity index (χ1v) is 10.7. The highest BCUT2D eigenvalue weighted by molar-refractivity contribution is 5.73. The van der Waals surface area contributed by atoms with E-state index in [1.165, 1.54) is 10.6 Å². The van der Waals surface area contributed by atoms with Gasteiger partial charge in [-0.1, -0.05) is 0 Å². The van der Waals surface area contributed by atoms with Crippen LogP contribution in [0.3, 0.4) is 0 Å². The van der Waals surface area contributed by atoms with E-state index in [1.54, 1.807) is 18.6 Å². The first-order valence-electron chi connectivity index (χ1n) is 10.7. The van der Waals surface area contributed by atoms with Gasteiger partial charge in [0.2, 0.25) is 5.95 Å². The van der Waals surface area contributed by atoms with Gasteiger partial charge in [0.15, 0.2) is 5.65 Å². The van der Waals surface area contributed by atoms with Crippen LogP contribution in [0.1, 0.15) is 24.8 Å². The van der Waals surface area contributed by atoms with E-state index in [0.29, 0.717) is 17.2 Å². The molecule has 0 saturated heterocycles. The van der Waals surface area contributed by atoms with Crippen LogP contribution in [0, 0.1) is 0 Å². The van der Waals surface area contributed by atoms with Crippen molar-refractivity contribution in [2.75, 3.05) is 10.6 Å². The number of hydrogen-bond donors (Lipinski definition) is 2. The van der Waals surface area contributed by atoms with E-state index in [2.05, 4.69) is 30.6 Å². The maximum atomic E-state index is 12.7. The van der Waals surface area contributed by atoms with Gasteiger partial charge >= 0.3 is 6.18 Å². The van der Waals surface area contributed by atoms with Crippen molar-refractivity contribution in [3.05, 3.63) is 65.1 Å². The van der Waals surface area contributed by atoms with Crippen LogP contribution in [-0.2, 0) is 13.2 Å². The zero-order valence-electron chi connectivity index (χ0n) is 18.1. The molecule has 2 atom stereocenters. The highest BCUT2D eigenvalue weighted by atomic mass is 19.4. The Morgan fingerprint density at radius 3 is 2.35 bits per heavy atom. The second-order valence-electron chi connectivity index (χ2n) is 8.26. The van der Waals surface area contributed by atoms with E-state index in [1.807, 2.05) is 23.7 Å². The lowest BCUT2D eigenvalue weighted by atomic mass is 10.2. The standard InChI is InChI=1S/C22H21F3N8O/c1-32-12-29-20-17(32)5-7-19(34)33(20)16-4-6-18(26-11-16)30-14-2-3-15(8-14)31-21-27-9-13(10-28-21)22(23,24)25/h4-7,9-12,14-15H,2-3,8H2,1H3,(H,26,30)(H,27,28,31)/t14-,15-/m0/s1. The number of halogens is 3. The molecule has 0 aliphatic heterocycles. The van der Waals surface area contributed by atoms with Gasteiger partial charge in [-0.2, -0.15) is 13.2 Å². The lowest BCUT2D eigenvalue weighted by Crippen LogP contribution is -2.22. The average Bonchev–Trinajstić information content (AvgIpc) is 3.40. The van der Waals surface area contributed by atoms with E-state index in [0.717, 1.165) is 37.2 Å². The van der Waals surface area contributed by atoms with Crippen LogP contribution >= 0.6 is 0 Å². The molecule has 4 heterocycles. The highest BCUT2D eigenvalue weighted by Crippen LogP contribution is 2.29. The Bertz CT molecular complexity index is 1360. The number of alkyl halides is 3. The number of aromatic nitrogens is 6. The third-order valence-electron chi connectivity index (χ3n) is 5.88. The highest BCUT2D eigenvalue weighted by Gasteiger charge is 2.31. The number of fused-ring (bicyclic) bond motifs is 1. The fourth-order valence-electron chi connectivity index (χ4n) is 4.16. The van der Waals surface area contributed by atoms with Crippen molar-refractivity contribution in [2.45, 2.75) is 37.5 Å². The molecule has 2 N–H and O–H groups in total. The number of nitrogens with zero attached hydrogens (tertiary/aromatic N) is 6. The fraction of sp³-hybridized carbons (Fsp3) is 0.318. The maximum absolute atomic E-state index is 12.7. The SMILES string of the molecule is Cn1cnc2c1ccc(=O)n2-c1ccc(N[C@H]2CC[C@H](Nc3ncc(C(F)(F)F)cn3)C2)nc1. The van der Waals surface area contributed by atoms with Crippen LogP contribution in [0.15, 0.2) is 54.0 Å². The second kappa shape index (κ2) is 8.43. The third kappa shape index (κ3) is 4.30. The molecule has 0 spiro atoms. The van der Waals surface area contributed by atoms with Gasteiger partial charge in [-0.3, -0.25) is 9.36 Å². The molecular formula is C22H21F3N8O. The first kappa shape index (κ1) is 21.9. The summed E-state index contributed by atoms with van der Waals surface area (Å²) in [5.41, 5.74) is 0.949. The van der Waals surface area contributed by atoms with Crippen LogP contribution in [0.2, 0.25) is 0 Å². The number of aryl methyl sites for hydroxylation is 1. The van der Waals surface area contributed by atoms with Crippen LogP contribution in [0.4, 0.5) is 24.9 Å². The van der Waals surface area contributed by atoms with Gasteiger partial charge in [0.1, 0.15) is 5.82 Å². The molecule has 34 heavy (non-hydrogen) atoms. The Kier molecular flexibility index (Phi) is 5.42. The first-order chi connectivity index (χ1) is 16.3. The van der Waals surface area contributed by atoms with Crippen molar-refractivity contribution in [3.8, 4) is 5.69 Å². The summed E-state index contributed by atoms with van der Waals surface area (Å²) in [6.07, 6.45) is 2.79. The summed E-state index contributed by atoms with van der Waals surface area (Å²) >= 11 is 0. The third-order valence-corrected chi connectivity index (χ3v) is 5.88. The molecule has 0 aromatic carbocycles. The van der Waals surface area contributed by atoms with Crippen molar-refractivity contribution >= 4 is 22.9 Å². The largest absolute Gasteiger partial charge is 0.419 e. The minimum Gasteiger partial charge on any atom is -0.367 e. The van der Waals surface area contributed by atoms with Gasteiger partial charge in [0, 0.05) is 37.6 Å². The molecule has 176 valence electrons. The number of rotatable bonds is 5. The van der Waals surface area contributed by atoms with E-state index in [-0.39, 0.29) is 23.6 Å². The number of nitrogens with one attached hydrogen (secondary N) is 2. The van der Waals surface area contributed by atoms with Gasteiger partial charge in [0.25, 0.3) is 5.56 Å². The van der Waals surface area contributed by atoms with Crippen LogP contribution in [0.5, 0.6) is 0 Å². The Balaban J connectivity index is 1.23. The summed E-state index contributed by atoms with van der Waals surface area (Å²) in [4.78, 5) is 28.8. The number of pyridine rings is 2. The van der Waals surface area contributed by atoms with Crippen molar-refractivity contribution in [3.63, 3.8) is 0 Å². The molecule has 1 saturated carbocycles. The van der Waals surface area contributed by atoms with E-state index >= 15 is 0 Å². The van der Waals surface area contributed by atoms with Crippen LogP contribution < -0.4 is 16.2 Å². The predicted octanol–water partition coefficient (Wildman–Crippen LogP) is 3.37. The Hall–Kier alpha value is -3.96. The molecule has 5 rings (SSSR count). The summed E-state index contributed by atoms with van der Waals surface area (Å²) in [6, 6.07) is 7.03. The summed E-state index contributed by atoms with van der Waals surface area (Å²) in [6.45, 7) is 0. The molecule has 4 aromatic heterocycles. The number of hydrogen-bond acceptors (Lipinski definition) is 7. The topological polar surface area (TPSA) is 103 Å². The zero-order valence-corrected chi connectivity index (χ0v) is 18.1. The molecule has 1 aliphatic rings. The molecule has 9 nitrogen and oxygen atoms in total. The van der Waals surface area contributed by atoms with Crippen molar-refractivity contribution < 1.29 is 13.2 Å². The van der Waals surface area contributed by atoms with Crippen molar-refractivity contribution in [1.29, 1.82) is 0 Å². The lowest BCUT2D eigenvalue weighted by Gasteiger charge is -2.16. The molecule has 0 bridgehead atoms. The number of imidazole rings is 1. The molecule has 0 amide bonds. The van der Waals surface area contributed by atoms with Crippen molar-refractivity contribution in [2.24, 2.45) is 7.05 Å². The quantitative estimate of drug-likeness (QED) is 0.461. The molecular weight excluding hydrogens is 449 g/mol. The fourth-order valence-corrected chi connectivity index (χ4v) is 4.16. The second-order valence-corrected chi connectivity index (χ2v) is 8.26. The van der Waals surface area contributed by atoms with E-state index in [4.69, 9.17) is 0 Å². The minimum absolute atomic E-state index is 0.0360. The van der Waals surface area contributed by atoms with Crippen LogP contribution in [0.25, 0.3) is 16.9 Å². The smallest absolute Gasteiger partial charge is 0.367 e. The van der Waals surface area contributed by atoms with Gasteiger partial charge in [0.05, 0.1) is 29.3 Å². The molecule has 4 aromatic rings.